The van der Waals surface area contributed by atoms with Gasteiger partial charge >= 0.3 is 0 Å². The molecule has 2 aromatic heterocycles. The Morgan fingerprint density at radius 2 is 1.72 bits per heavy atom. The normalized spacial score (nSPS) is 13.6. The maximum absolute atomic E-state index is 5.98. The Morgan fingerprint density at radius 1 is 1.03 bits per heavy atom. The van der Waals surface area contributed by atoms with Gasteiger partial charge in [-0.2, -0.15) is 15.2 Å². The number of ether oxygens (including phenoxy) is 1. The van der Waals surface area contributed by atoms with Crippen molar-refractivity contribution in [2.24, 2.45) is 0 Å². The fraction of sp³-hybridized carbons (Fsp3) is 0.478. The number of benzene rings is 1. The zero-order valence-electron chi connectivity index (χ0n) is 17.4. The highest BCUT2D eigenvalue weighted by molar-refractivity contribution is 5.65. The molecular formula is C23H28N4O2. The van der Waals surface area contributed by atoms with Gasteiger partial charge in [-0.15, -0.1) is 0 Å². The highest BCUT2D eigenvalue weighted by Gasteiger charge is 2.30. The standard InChI is InChI=1S/C23H28N4O2/c1-4-6-18-10-11-19(26-25-18)7-5-12-28-20-13-15(2)21(16(3)14-20)22-24-23(29-27-22)17-8-9-17/h10-11,13-14,17H,4-9,12H2,1-3H3. The van der Waals surface area contributed by atoms with Crippen LogP contribution in [0, 0.1) is 13.8 Å². The van der Waals surface area contributed by atoms with Gasteiger partial charge in [0, 0.05) is 11.5 Å². The molecule has 0 N–H and O–H groups in total. The van der Waals surface area contributed by atoms with Crippen LogP contribution in [0.2, 0.25) is 0 Å². The van der Waals surface area contributed by atoms with Crippen LogP contribution < -0.4 is 4.74 Å². The lowest BCUT2D eigenvalue weighted by molar-refractivity contribution is 0.310. The van der Waals surface area contributed by atoms with Crippen molar-refractivity contribution in [3.8, 4) is 17.1 Å². The molecule has 0 bridgehead atoms. The first-order valence-corrected chi connectivity index (χ1v) is 10.5. The molecular weight excluding hydrogens is 364 g/mol. The lowest BCUT2D eigenvalue weighted by atomic mass is 10.0. The lowest BCUT2D eigenvalue weighted by Crippen LogP contribution is -2.03. The molecule has 1 fully saturated rings. The summed E-state index contributed by atoms with van der Waals surface area (Å²) in [4.78, 5) is 4.59. The topological polar surface area (TPSA) is 73.9 Å². The van der Waals surface area contributed by atoms with Crippen molar-refractivity contribution >= 4 is 0 Å². The fourth-order valence-electron chi connectivity index (χ4n) is 3.55. The van der Waals surface area contributed by atoms with E-state index in [0.29, 0.717) is 18.3 Å². The molecule has 6 heteroatoms. The van der Waals surface area contributed by atoms with Crippen LogP contribution in [0.25, 0.3) is 11.4 Å². The minimum Gasteiger partial charge on any atom is -0.494 e. The predicted octanol–water partition coefficient (Wildman–Crippen LogP) is 4.98. The van der Waals surface area contributed by atoms with Gasteiger partial charge in [-0.25, -0.2) is 0 Å². The number of hydrogen-bond acceptors (Lipinski definition) is 6. The maximum atomic E-state index is 5.98. The Balaban J connectivity index is 1.33. The van der Waals surface area contributed by atoms with Crippen LogP contribution in [0.15, 0.2) is 28.8 Å². The van der Waals surface area contributed by atoms with Crippen LogP contribution in [0.5, 0.6) is 5.75 Å². The van der Waals surface area contributed by atoms with Crippen LogP contribution in [-0.4, -0.2) is 26.9 Å². The third-order valence-corrected chi connectivity index (χ3v) is 5.23. The summed E-state index contributed by atoms with van der Waals surface area (Å²) in [5, 5.41) is 12.8. The molecule has 29 heavy (non-hydrogen) atoms. The highest BCUT2D eigenvalue weighted by atomic mass is 16.5. The molecule has 0 amide bonds. The molecule has 4 rings (SSSR count). The van der Waals surface area contributed by atoms with Crippen LogP contribution in [0.1, 0.15) is 66.9 Å². The summed E-state index contributed by atoms with van der Waals surface area (Å²) in [7, 11) is 0. The van der Waals surface area contributed by atoms with Crippen molar-refractivity contribution in [2.75, 3.05) is 6.61 Å². The lowest BCUT2D eigenvalue weighted by Gasteiger charge is -2.11. The molecule has 6 nitrogen and oxygen atoms in total. The van der Waals surface area contributed by atoms with E-state index >= 15 is 0 Å². The summed E-state index contributed by atoms with van der Waals surface area (Å²) in [6.45, 7) is 6.92. The second-order valence-corrected chi connectivity index (χ2v) is 7.88. The molecule has 0 atom stereocenters. The van der Waals surface area contributed by atoms with Crippen molar-refractivity contribution in [3.63, 3.8) is 0 Å². The van der Waals surface area contributed by atoms with E-state index in [1.807, 2.05) is 0 Å². The Labute approximate surface area is 171 Å². The molecule has 0 spiro atoms. The second-order valence-electron chi connectivity index (χ2n) is 7.88. The second kappa shape index (κ2) is 8.72. The Bertz CT molecular complexity index is 938. The number of hydrogen-bond donors (Lipinski definition) is 0. The van der Waals surface area contributed by atoms with E-state index in [-0.39, 0.29) is 0 Å². The van der Waals surface area contributed by atoms with Crippen LogP contribution in [0.3, 0.4) is 0 Å². The van der Waals surface area contributed by atoms with E-state index < -0.39 is 0 Å². The van der Waals surface area contributed by atoms with E-state index in [4.69, 9.17) is 9.26 Å². The Kier molecular flexibility index (Phi) is 5.88. The molecule has 2 heterocycles. The predicted molar refractivity (Wildman–Crippen MR) is 111 cm³/mol. The molecule has 0 unspecified atom stereocenters. The highest BCUT2D eigenvalue weighted by Crippen LogP contribution is 2.40. The summed E-state index contributed by atoms with van der Waals surface area (Å²) in [6.07, 6.45) is 6.14. The van der Waals surface area contributed by atoms with E-state index in [9.17, 15) is 0 Å². The van der Waals surface area contributed by atoms with E-state index in [0.717, 1.165) is 78.2 Å². The number of aromatic nitrogens is 4. The zero-order chi connectivity index (χ0) is 20.2. The first kappa shape index (κ1) is 19.6. The number of aryl methyl sites for hydroxylation is 4. The summed E-state index contributed by atoms with van der Waals surface area (Å²) < 4.78 is 11.4. The van der Waals surface area contributed by atoms with Gasteiger partial charge in [0.25, 0.3) is 0 Å². The van der Waals surface area contributed by atoms with E-state index in [2.05, 4.69) is 65.4 Å². The van der Waals surface area contributed by atoms with Gasteiger partial charge in [0.05, 0.1) is 18.0 Å². The third kappa shape index (κ3) is 4.81. The summed E-state index contributed by atoms with van der Waals surface area (Å²) in [5.41, 5.74) is 5.31. The quantitative estimate of drug-likeness (QED) is 0.478. The first-order chi connectivity index (χ1) is 14.1. The van der Waals surface area contributed by atoms with Crippen molar-refractivity contribution in [3.05, 3.63) is 52.7 Å². The number of nitrogens with zero attached hydrogens (tertiary/aromatic N) is 4. The summed E-state index contributed by atoms with van der Waals surface area (Å²) in [5.74, 6) is 2.79. The molecule has 0 saturated heterocycles. The molecule has 152 valence electrons. The average Bonchev–Trinajstić information content (AvgIpc) is 3.45. The molecule has 1 saturated carbocycles. The summed E-state index contributed by atoms with van der Waals surface area (Å²) >= 11 is 0. The minimum atomic E-state index is 0.465. The van der Waals surface area contributed by atoms with Crippen molar-refractivity contribution in [1.29, 1.82) is 0 Å². The van der Waals surface area contributed by atoms with Gasteiger partial charge in [-0.3, -0.25) is 0 Å². The minimum absolute atomic E-state index is 0.465. The zero-order valence-corrected chi connectivity index (χ0v) is 17.4. The fourth-order valence-corrected chi connectivity index (χ4v) is 3.55. The van der Waals surface area contributed by atoms with Gasteiger partial charge in [0.2, 0.25) is 11.7 Å². The van der Waals surface area contributed by atoms with Gasteiger partial charge in [0.1, 0.15) is 5.75 Å². The van der Waals surface area contributed by atoms with Crippen LogP contribution >= 0.6 is 0 Å². The van der Waals surface area contributed by atoms with E-state index in [1.54, 1.807) is 0 Å². The molecule has 1 aliphatic rings. The van der Waals surface area contributed by atoms with Crippen molar-refractivity contribution in [2.45, 2.75) is 65.2 Å². The molecule has 1 aliphatic carbocycles. The summed E-state index contributed by atoms with van der Waals surface area (Å²) in [6, 6.07) is 8.25. The average molecular weight is 393 g/mol. The SMILES string of the molecule is CCCc1ccc(CCCOc2cc(C)c(-c3noc(C4CC4)n3)c(C)c2)nn1. The molecule has 0 aliphatic heterocycles. The maximum Gasteiger partial charge on any atom is 0.230 e. The smallest absolute Gasteiger partial charge is 0.230 e. The monoisotopic (exact) mass is 392 g/mol. The Morgan fingerprint density at radius 3 is 2.34 bits per heavy atom. The third-order valence-electron chi connectivity index (χ3n) is 5.23. The molecule has 3 aromatic rings. The van der Waals surface area contributed by atoms with Crippen molar-refractivity contribution < 1.29 is 9.26 Å². The van der Waals surface area contributed by atoms with Crippen molar-refractivity contribution in [1.82, 2.24) is 20.3 Å². The van der Waals surface area contributed by atoms with Gasteiger partial charge in [-0.1, -0.05) is 18.5 Å². The van der Waals surface area contributed by atoms with Gasteiger partial charge < -0.3 is 9.26 Å². The molecule has 0 radical (unpaired) electrons. The van der Waals surface area contributed by atoms with E-state index in [1.165, 1.54) is 0 Å². The first-order valence-electron chi connectivity index (χ1n) is 10.5. The molecule has 1 aromatic carbocycles. The van der Waals surface area contributed by atoms with Gasteiger partial charge in [0.15, 0.2) is 0 Å². The Hall–Kier alpha value is -2.76. The van der Waals surface area contributed by atoms with Gasteiger partial charge in [-0.05, 0) is 81.3 Å². The number of rotatable bonds is 9. The van der Waals surface area contributed by atoms with Crippen LogP contribution in [-0.2, 0) is 12.8 Å². The van der Waals surface area contributed by atoms with Crippen LogP contribution in [0.4, 0.5) is 0 Å². The largest absolute Gasteiger partial charge is 0.494 e.